The molecule has 0 spiro atoms. The van der Waals surface area contributed by atoms with E-state index in [4.69, 9.17) is 0 Å². The van der Waals surface area contributed by atoms with Crippen LogP contribution in [0, 0.1) is 0 Å². The number of alkyl halides is 7. The van der Waals surface area contributed by atoms with Gasteiger partial charge in [-0.2, -0.15) is 22.0 Å². The zero-order valence-electron chi connectivity index (χ0n) is 9.77. The average molecular weight is 304 g/mol. The van der Waals surface area contributed by atoms with E-state index in [1.165, 1.54) is 0 Å². The molecule has 1 aromatic carbocycles. The number of ketones is 1. The number of hydrogen-bond acceptors (Lipinski definition) is 2. The van der Waals surface area contributed by atoms with E-state index in [1.807, 2.05) is 0 Å². The fraction of sp³-hybridized carbons (Fsp3) is 0.364. The van der Waals surface area contributed by atoms with Crippen molar-refractivity contribution in [2.45, 2.75) is 26.1 Å². The van der Waals surface area contributed by atoms with Crippen LogP contribution in [0.5, 0.6) is 5.75 Å². The molecule has 0 radical (unpaired) electrons. The van der Waals surface area contributed by atoms with Gasteiger partial charge in [-0.3, -0.25) is 4.79 Å². The molecule has 0 fully saturated rings. The quantitative estimate of drug-likeness (QED) is 0.607. The molecule has 0 amide bonds. The van der Waals surface area contributed by atoms with Gasteiger partial charge in [0.1, 0.15) is 5.75 Å². The SMILES string of the molecule is CC(=O)c1cc(C(F)F)c(OC(F)F)cc1C(F)(F)F. The van der Waals surface area contributed by atoms with Crippen molar-refractivity contribution >= 4 is 5.78 Å². The van der Waals surface area contributed by atoms with E-state index in [0.29, 0.717) is 0 Å². The molecule has 0 N–H and O–H groups in total. The summed E-state index contributed by atoms with van der Waals surface area (Å²) in [5.41, 5.74) is -3.84. The molecule has 1 aromatic rings. The molecule has 9 heteroatoms. The van der Waals surface area contributed by atoms with Gasteiger partial charge in [0.05, 0.1) is 11.1 Å². The Morgan fingerprint density at radius 3 is 2.05 bits per heavy atom. The van der Waals surface area contributed by atoms with Crippen molar-refractivity contribution in [1.82, 2.24) is 0 Å². The number of benzene rings is 1. The first-order valence-electron chi connectivity index (χ1n) is 5.03. The third-order valence-electron chi connectivity index (χ3n) is 2.29. The van der Waals surface area contributed by atoms with Crippen LogP contribution in [-0.2, 0) is 6.18 Å². The third kappa shape index (κ3) is 3.61. The number of hydrogen-bond donors (Lipinski definition) is 0. The monoisotopic (exact) mass is 304 g/mol. The molecule has 0 unspecified atom stereocenters. The largest absolute Gasteiger partial charge is 0.434 e. The molecule has 0 saturated heterocycles. The molecule has 2 nitrogen and oxygen atoms in total. The number of carbonyl (C=O) groups is 1. The number of carbonyl (C=O) groups excluding carboxylic acids is 1. The normalized spacial score (nSPS) is 12.1. The Kier molecular flexibility index (Phi) is 4.61. The lowest BCUT2D eigenvalue weighted by Gasteiger charge is -2.16. The Morgan fingerprint density at radius 1 is 1.15 bits per heavy atom. The summed E-state index contributed by atoms with van der Waals surface area (Å²) in [6.07, 6.45) is -8.44. The minimum Gasteiger partial charge on any atom is -0.434 e. The lowest BCUT2D eigenvalue weighted by molar-refractivity contribution is -0.138. The lowest BCUT2D eigenvalue weighted by atomic mass is 9.99. The zero-order chi connectivity index (χ0) is 15.7. The summed E-state index contributed by atoms with van der Waals surface area (Å²) in [4.78, 5) is 11.1. The van der Waals surface area contributed by atoms with Crippen LogP contribution < -0.4 is 4.74 Å². The average Bonchev–Trinajstić information content (AvgIpc) is 2.25. The van der Waals surface area contributed by atoms with Crippen LogP contribution in [0.1, 0.15) is 34.8 Å². The van der Waals surface area contributed by atoms with Crippen LogP contribution in [0.25, 0.3) is 0 Å². The molecular weight excluding hydrogens is 297 g/mol. The van der Waals surface area contributed by atoms with Gasteiger partial charge in [-0.05, 0) is 19.1 Å². The van der Waals surface area contributed by atoms with Crippen LogP contribution in [-0.4, -0.2) is 12.4 Å². The molecule has 0 aromatic heterocycles. The van der Waals surface area contributed by atoms with Gasteiger partial charge in [-0.1, -0.05) is 0 Å². The summed E-state index contributed by atoms with van der Waals surface area (Å²) >= 11 is 0. The molecule has 0 aliphatic heterocycles. The number of halogens is 7. The molecule has 0 saturated carbocycles. The molecule has 0 aliphatic rings. The van der Waals surface area contributed by atoms with Crippen molar-refractivity contribution in [3.63, 3.8) is 0 Å². The van der Waals surface area contributed by atoms with E-state index >= 15 is 0 Å². The van der Waals surface area contributed by atoms with Crippen molar-refractivity contribution in [2.24, 2.45) is 0 Å². The van der Waals surface area contributed by atoms with Crippen LogP contribution in [0.3, 0.4) is 0 Å². The second-order valence-corrected chi connectivity index (χ2v) is 3.67. The van der Waals surface area contributed by atoms with Gasteiger partial charge in [0.25, 0.3) is 6.43 Å². The Hall–Kier alpha value is -1.80. The maximum absolute atomic E-state index is 12.7. The molecule has 112 valence electrons. The van der Waals surface area contributed by atoms with Gasteiger partial charge < -0.3 is 4.74 Å². The summed E-state index contributed by atoms with van der Waals surface area (Å²) in [5.74, 6) is -2.44. The van der Waals surface area contributed by atoms with E-state index in [-0.39, 0.29) is 12.1 Å². The van der Waals surface area contributed by atoms with Gasteiger partial charge in [0.2, 0.25) is 0 Å². The highest BCUT2D eigenvalue weighted by Gasteiger charge is 2.37. The highest BCUT2D eigenvalue weighted by molar-refractivity contribution is 5.96. The first-order valence-corrected chi connectivity index (χ1v) is 5.03. The lowest BCUT2D eigenvalue weighted by Crippen LogP contribution is -2.14. The maximum Gasteiger partial charge on any atom is 0.417 e. The Bertz CT molecular complexity index is 508. The van der Waals surface area contributed by atoms with E-state index < -0.39 is 47.4 Å². The fourth-order valence-electron chi connectivity index (χ4n) is 1.49. The molecule has 0 aliphatic carbocycles. The van der Waals surface area contributed by atoms with Crippen LogP contribution in [0.4, 0.5) is 30.7 Å². The Morgan fingerprint density at radius 2 is 1.70 bits per heavy atom. The van der Waals surface area contributed by atoms with Crippen LogP contribution >= 0.6 is 0 Å². The number of ether oxygens (including phenoxy) is 1. The van der Waals surface area contributed by atoms with E-state index in [0.717, 1.165) is 6.92 Å². The first-order chi connectivity index (χ1) is 9.04. The van der Waals surface area contributed by atoms with Gasteiger partial charge in [0.15, 0.2) is 5.78 Å². The maximum atomic E-state index is 12.7. The molecule has 0 bridgehead atoms. The predicted octanol–water partition coefficient (Wildman–Crippen LogP) is 4.45. The second kappa shape index (κ2) is 5.68. The molecular formula is C11H7F7O2. The topological polar surface area (TPSA) is 26.3 Å². The van der Waals surface area contributed by atoms with Crippen molar-refractivity contribution in [3.05, 3.63) is 28.8 Å². The van der Waals surface area contributed by atoms with Crippen LogP contribution in [0.2, 0.25) is 0 Å². The summed E-state index contributed by atoms with van der Waals surface area (Å²) in [7, 11) is 0. The number of rotatable bonds is 4. The van der Waals surface area contributed by atoms with Gasteiger partial charge in [-0.25, -0.2) is 8.78 Å². The predicted molar refractivity (Wildman–Crippen MR) is 53.0 cm³/mol. The highest BCUT2D eigenvalue weighted by atomic mass is 19.4. The van der Waals surface area contributed by atoms with Gasteiger partial charge >= 0.3 is 12.8 Å². The summed E-state index contributed by atoms with van der Waals surface area (Å²) < 4.78 is 91.0. The Balaban J connectivity index is 3.56. The van der Waals surface area contributed by atoms with E-state index in [9.17, 15) is 35.5 Å². The smallest absolute Gasteiger partial charge is 0.417 e. The van der Waals surface area contributed by atoms with Gasteiger partial charge in [0, 0.05) is 5.56 Å². The van der Waals surface area contributed by atoms with Gasteiger partial charge in [-0.15, -0.1) is 0 Å². The molecule has 20 heavy (non-hydrogen) atoms. The summed E-state index contributed by atoms with van der Waals surface area (Å²) in [6.45, 7) is -2.83. The summed E-state index contributed by atoms with van der Waals surface area (Å²) in [5, 5.41) is 0. The molecule has 0 atom stereocenters. The fourth-order valence-corrected chi connectivity index (χ4v) is 1.49. The second-order valence-electron chi connectivity index (χ2n) is 3.67. The van der Waals surface area contributed by atoms with E-state index in [1.54, 1.807) is 0 Å². The Labute approximate surface area is 108 Å². The van der Waals surface area contributed by atoms with Crippen molar-refractivity contribution in [3.8, 4) is 5.75 Å². The number of Topliss-reactive ketones (excluding diaryl/α,β-unsaturated/α-hetero) is 1. The molecule has 1 rings (SSSR count). The third-order valence-corrected chi connectivity index (χ3v) is 2.29. The minimum atomic E-state index is -5.07. The van der Waals surface area contributed by atoms with Crippen molar-refractivity contribution < 1.29 is 40.3 Å². The minimum absolute atomic E-state index is 0.0234. The molecule has 0 heterocycles. The highest BCUT2D eigenvalue weighted by Crippen LogP contribution is 2.39. The van der Waals surface area contributed by atoms with Crippen molar-refractivity contribution in [1.29, 1.82) is 0 Å². The first kappa shape index (κ1) is 16.3. The van der Waals surface area contributed by atoms with Crippen molar-refractivity contribution in [2.75, 3.05) is 0 Å². The van der Waals surface area contributed by atoms with E-state index in [2.05, 4.69) is 4.74 Å². The zero-order valence-corrected chi connectivity index (χ0v) is 9.77. The summed E-state index contributed by atoms with van der Waals surface area (Å²) in [6, 6.07) is 0.192. The standard InChI is InChI=1S/C11H7F7O2/c1-4(19)5-2-6(9(12)13)8(20-10(14)15)3-7(5)11(16,17)18/h2-3,9-10H,1H3. The van der Waals surface area contributed by atoms with Crippen LogP contribution in [0.15, 0.2) is 12.1 Å².